The van der Waals surface area contributed by atoms with Crippen LogP contribution in [0.2, 0.25) is 15.1 Å². The molecule has 5 rings (SSSR count). The first-order chi connectivity index (χ1) is 22.9. The van der Waals surface area contributed by atoms with E-state index in [0.717, 1.165) is 57.5 Å². The van der Waals surface area contributed by atoms with Gasteiger partial charge in [0.2, 0.25) is 0 Å². The van der Waals surface area contributed by atoms with E-state index in [2.05, 4.69) is 22.0 Å². The topological polar surface area (TPSA) is 102 Å². The first kappa shape index (κ1) is 37.9. The van der Waals surface area contributed by atoms with Gasteiger partial charge in [-0.05, 0) is 99.8 Å². The van der Waals surface area contributed by atoms with Crippen molar-refractivity contribution in [1.29, 1.82) is 0 Å². The number of ketones is 1. The number of carbonyl (C=O) groups excluding carboxylic acids is 2. The van der Waals surface area contributed by atoms with E-state index in [0.29, 0.717) is 42.4 Å². The van der Waals surface area contributed by atoms with Gasteiger partial charge in [-0.25, -0.2) is 4.39 Å². The molecular weight excluding hydrogens is 680 g/mol. The molecule has 0 bridgehead atoms. The lowest BCUT2D eigenvalue weighted by Crippen LogP contribution is -2.42. The molecule has 0 aliphatic carbocycles. The third-order valence-electron chi connectivity index (χ3n) is 9.10. The van der Waals surface area contributed by atoms with Gasteiger partial charge in [0, 0.05) is 42.7 Å². The molecule has 1 atom stereocenters. The predicted octanol–water partition coefficient (Wildman–Crippen LogP) is 7.35. The zero-order valence-electron chi connectivity index (χ0n) is 27.3. The van der Waals surface area contributed by atoms with Gasteiger partial charge in [0.1, 0.15) is 11.4 Å². The number of methoxy groups -OCH3 is 1. The molecule has 0 spiro atoms. The number of Topliss-reactive ketones (excluding diaryl/α,β-unsaturated/α-hetero) is 1. The van der Waals surface area contributed by atoms with Crippen LogP contribution in [0.1, 0.15) is 71.7 Å². The van der Waals surface area contributed by atoms with Crippen LogP contribution in [0.25, 0.3) is 0 Å². The smallest absolute Gasteiger partial charge is 0.259 e. The second-order valence-electron chi connectivity index (χ2n) is 12.1. The van der Waals surface area contributed by atoms with Crippen molar-refractivity contribution in [2.24, 2.45) is 0 Å². The highest BCUT2D eigenvalue weighted by molar-refractivity contribution is 6.37. The Balaban J connectivity index is 0.000000220. The van der Waals surface area contributed by atoms with Gasteiger partial charge in [-0.15, -0.1) is 0 Å². The molecule has 3 aromatic rings. The number of carbonyl (C=O) groups is 2. The Morgan fingerprint density at radius 3 is 2.31 bits per heavy atom. The summed E-state index contributed by atoms with van der Waals surface area (Å²) in [6.07, 6.45) is 4.72. The molecule has 2 aliphatic heterocycles. The second kappa shape index (κ2) is 17.7. The first-order valence-corrected chi connectivity index (χ1v) is 17.4. The number of hydrogen-bond acceptors (Lipinski definition) is 7. The van der Waals surface area contributed by atoms with E-state index in [9.17, 15) is 24.2 Å². The summed E-state index contributed by atoms with van der Waals surface area (Å²) in [6.45, 7) is 7.04. The highest BCUT2D eigenvalue weighted by atomic mass is 35.5. The Bertz CT molecular complexity index is 1530. The largest absolute Gasteiger partial charge is 0.505 e. The summed E-state index contributed by atoms with van der Waals surface area (Å²) in [7, 11) is 1.39. The lowest BCUT2D eigenvalue weighted by molar-refractivity contribution is -0.0260. The van der Waals surface area contributed by atoms with Crippen molar-refractivity contribution in [2.45, 2.75) is 57.1 Å². The number of likely N-dealkylation sites (N-methyl/N-ethyl adjacent to an activating group) is 1. The van der Waals surface area contributed by atoms with Gasteiger partial charge < -0.3 is 25.2 Å². The quantitative estimate of drug-likeness (QED) is 0.178. The number of piperidine rings is 1. The average Bonchev–Trinajstić information content (AvgIpc) is 3.54. The van der Waals surface area contributed by atoms with Gasteiger partial charge in [0.05, 0.1) is 22.8 Å². The molecule has 48 heavy (non-hydrogen) atoms. The zero-order valence-corrected chi connectivity index (χ0v) is 29.6. The van der Waals surface area contributed by atoms with Gasteiger partial charge in [-0.2, -0.15) is 0 Å². The molecule has 8 nitrogen and oxygen atoms in total. The van der Waals surface area contributed by atoms with E-state index in [4.69, 9.17) is 39.5 Å². The number of phenolic OH excluding ortho intramolecular Hbond substituents is 1. The normalized spacial score (nSPS) is 17.8. The van der Waals surface area contributed by atoms with E-state index in [-0.39, 0.29) is 38.7 Å². The van der Waals surface area contributed by atoms with E-state index >= 15 is 0 Å². The van der Waals surface area contributed by atoms with Crippen molar-refractivity contribution in [3.63, 3.8) is 0 Å². The number of ether oxygens (including phenoxy) is 1. The van der Waals surface area contributed by atoms with Crippen LogP contribution in [-0.4, -0.2) is 84.1 Å². The van der Waals surface area contributed by atoms with Crippen LogP contribution in [0.5, 0.6) is 11.5 Å². The Hall–Kier alpha value is -2.92. The summed E-state index contributed by atoms with van der Waals surface area (Å²) in [5.74, 6) is -0.927. The molecule has 2 heterocycles. The fraction of sp³-hybridized carbons (Fsp3) is 0.444. The molecular formula is C36H43Cl3FN3O5. The fourth-order valence-corrected chi connectivity index (χ4v) is 6.95. The number of aliphatic hydroxyl groups is 1. The maximum absolute atomic E-state index is 12.9. The minimum atomic E-state index is -0.801. The highest BCUT2D eigenvalue weighted by Crippen LogP contribution is 2.40. The molecule has 0 aromatic heterocycles. The Morgan fingerprint density at radius 2 is 1.69 bits per heavy atom. The van der Waals surface area contributed by atoms with Crippen LogP contribution in [0.15, 0.2) is 54.6 Å². The average molecular weight is 723 g/mol. The number of phenols is 1. The summed E-state index contributed by atoms with van der Waals surface area (Å²) in [5.41, 5.74) is 0.640. The van der Waals surface area contributed by atoms with Crippen LogP contribution in [0.4, 0.5) is 4.39 Å². The molecule has 1 amide bonds. The van der Waals surface area contributed by atoms with Gasteiger partial charge >= 0.3 is 0 Å². The minimum Gasteiger partial charge on any atom is -0.505 e. The SMILES string of the molecule is CCN1CCC[C@H]1CNC(=O)c1c(O)c(Cl)cc(Cl)c1OC.O=C(CCCN1CCC(O)(c2ccc(Cl)cc2)CC1)c1ccc(F)cc1. The lowest BCUT2D eigenvalue weighted by atomic mass is 9.84. The van der Waals surface area contributed by atoms with Crippen LogP contribution < -0.4 is 10.1 Å². The number of rotatable bonds is 11. The van der Waals surface area contributed by atoms with Gasteiger partial charge in [0.15, 0.2) is 17.3 Å². The van der Waals surface area contributed by atoms with Crippen molar-refractivity contribution in [3.8, 4) is 11.5 Å². The van der Waals surface area contributed by atoms with Gasteiger partial charge in [-0.1, -0.05) is 53.9 Å². The van der Waals surface area contributed by atoms with Crippen molar-refractivity contribution in [1.82, 2.24) is 15.1 Å². The highest BCUT2D eigenvalue weighted by Gasteiger charge is 2.34. The van der Waals surface area contributed by atoms with Gasteiger partial charge in [-0.3, -0.25) is 14.5 Å². The van der Waals surface area contributed by atoms with Crippen molar-refractivity contribution >= 4 is 46.5 Å². The molecule has 0 radical (unpaired) electrons. The number of nitrogens with zero attached hydrogens (tertiary/aromatic N) is 2. The molecule has 2 aliphatic rings. The van der Waals surface area contributed by atoms with E-state index < -0.39 is 11.5 Å². The molecule has 2 saturated heterocycles. The monoisotopic (exact) mass is 721 g/mol. The van der Waals surface area contributed by atoms with Crippen molar-refractivity contribution in [3.05, 3.63) is 92.2 Å². The Labute approximate surface area is 296 Å². The third kappa shape index (κ3) is 9.83. The van der Waals surface area contributed by atoms with E-state index in [1.54, 1.807) is 0 Å². The maximum atomic E-state index is 12.9. The summed E-state index contributed by atoms with van der Waals surface area (Å²) in [4.78, 5) is 29.1. The number of benzene rings is 3. The first-order valence-electron chi connectivity index (χ1n) is 16.2. The van der Waals surface area contributed by atoms with Crippen LogP contribution in [-0.2, 0) is 5.60 Å². The number of hydrogen-bond donors (Lipinski definition) is 3. The molecule has 260 valence electrons. The summed E-state index contributed by atoms with van der Waals surface area (Å²) in [6, 6.07) is 14.8. The number of aromatic hydroxyl groups is 1. The predicted molar refractivity (Wildman–Crippen MR) is 188 cm³/mol. The van der Waals surface area contributed by atoms with E-state index in [1.807, 2.05) is 24.3 Å². The molecule has 12 heteroatoms. The fourth-order valence-electron chi connectivity index (χ4n) is 6.28. The maximum Gasteiger partial charge on any atom is 0.259 e. The van der Waals surface area contributed by atoms with Crippen LogP contribution >= 0.6 is 34.8 Å². The Morgan fingerprint density at radius 1 is 1.02 bits per heavy atom. The Kier molecular flexibility index (Phi) is 13.9. The second-order valence-corrected chi connectivity index (χ2v) is 13.4. The molecule has 0 saturated carbocycles. The zero-order chi connectivity index (χ0) is 34.8. The third-order valence-corrected chi connectivity index (χ3v) is 9.93. The number of nitrogens with one attached hydrogen (secondary N) is 1. The summed E-state index contributed by atoms with van der Waals surface area (Å²) < 4.78 is 18.0. The van der Waals surface area contributed by atoms with Crippen LogP contribution in [0, 0.1) is 5.82 Å². The van der Waals surface area contributed by atoms with Crippen LogP contribution in [0.3, 0.4) is 0 Å². The minimum absolute atomic E-state index is 0.0204. The molecule has 3 N–H and O–H groups in total. The standard InChI is InChI=1S/C21H23ClFNO2.C15H20Cl2N2O3/c22-18-7-5-17(6-8-18)21(26)11-14-24(15-12-21)13-1-2-20(25)16-3-9-19(23)10-4-16;1-3-19-6-4-5-9(19)8-18-15(21)12-13(20)10(16)7-11(17)14(12)22-2/h3-10,26H,1-2,11-15H2;7,9,20H,3-6,8H2,1-2H3,(H,18,21)/t;9-/m.0/s1. The number of amides is 1. The van der Waals surface area contributed by atoms with Crippen molar-refractivity contribution in [2.75, 3.05) is 46.4 Å². The van der Waals surface area contributed by atoms with Gasteiger partial charge in [0.25, 0.3) is 5.91 Å². The van der Waals surface area contributed by atoms with Crippen molar-refractivity contribution < 1.29 is 28.9 Å². The van der Waals surface area contributed by atoms with E-state index in [1.165, 1.54) is 37.4 Å². The summed E-state index contributed by atoms with van der Waals surface area (Å²) in [5, 5.41) is 24.6. The lowest BCUT2D eigenvalue weighted by Gasteiger charge is -2.38. The molecule has 3 aromatic carbocycles. The molecule has 2 fully saturated rings. The number of likely N-dealkylation sites (tertiary alicyclic amines) is 2. The molecule has 0 unspecified atom stereocenters. The summed E-state index contributed by atoms with van der Waals surface area (Å²) >= 11 is 17.8. The number of halogens is 4.